The van der Waals surface area contributed by atoms with E-state index < -0.39 is 27.5 Å². The zero-order chi connectivity index (χ0) is 17.7. The second kappa shape index (κ2) is 7.20. The fourth-order valence-electron chi connectivity index (χ4n) is 2.04. The molecule has 0 radical (unpaired) electrons. The van der Waals surface area contributed by atoms with Gasteiger partial charge in [0.05, 0.1) is 9.82 Å². The number of carboxylic acids is 1. The number of nitro benzene ring substituents is 1. The van der Waals surface area contributed by atoms with E-state index in [1.165, 1.54) is 48.5 Å². The van der Waals surface area contributed by atoms with Crippen molar-refractivity contribution in [3.63, 3.8) is 0 Å². The van der Waals surface area contributed by atoms with E-state index in [4.69, 9.17) is 5.11 Å². The first-order valence-electron chi connectivity index (χ1n) is 6.81. The molecule has 0 fully saturated rings. The van der Waals surface area contributed by atoms with E-state index in [1.54, 1.807) is 6.07 Å². The van der Waals surface area contributed by atoms with Crippen LogP contribution >= 0.6 is 0 Å². The van der Waals surface area contributed by atoms with Crippen LogP contribution in [0.2, 0.25) is 0 Å². The quantitative estimate of drug-likeness (QED) is 0.601. The van der Waals surface area contributed by atoms with Gasteiger partial charge in [-0.05, 0) is 17.7 Å². The van der Waals surface area contributed by atoms with Crippen molar-refractivity contribution in [2.45, 2.75) is 11.4 Å². The Hall–Kier alpha value is -2.78. The summed E-state index contributed by atoms with van der Waals surface area (Å²) in [4.78, 5) is 21.1. The van der Waals surface area contributed by atoms with Gasteiger partial charge in [-0.1, -0.05) is 30.3 Å². The van der Waals surface area contributed by atoms with Crippen LogP contribution < -0.4 is 0 Å². The molecule has 1 N–H and O–H groups in total. The number of hydrogen-bond acceptors (Lipinski definition) is 5. The van der Waals surface area contributed by atoms with Gasteiger partial charge in [0.2, 0.25) is 10.0 Å². The number of nitrogens with zero attached hydrogens (tertiary/aromatic N) is 2. The van der Waals surface area contributed by atoms with Gasteiger partial charge in [0.25, 0.3) is 5.69 Å². The van der Waals surface area contributed by atoms with E-state index in [1.807, 2.05) is 0 Å². The minimum atomic E-state index is -4.00. The maximum atomic E-state index is 12.6. The highest BCUT2D eigenvalue weighted by Crippen LogP contribution is 2.19. The third-order valence-corrected chi connectivity index (χ3v) is 5.00. The summed E-state index contributed by atoms with van der Waals surface area (Å²) in [6.45, 7) is -0.921. The van der Waals surface area contributed by atoms with Crippen LogP contribution in [0.1, 0.15) is 5.56 Å². The summed E-state index contributed by atoms with van der Waals surface area (Å²) >= 11 is 0. The zero-order valence-corrected chi connectivity index (χ0v) is 13.2. The van der Waals surface area contributed by atoms with Crippen molar-refractivity contribution in [1.82, 2.24) is 4.31 Å². The molecule has 0 aromatic heterocycles. The molecule has 2 rings (SSSR count). The number of carboxylic acid groups (broad SMARTS) is 1. The summed E-state index contributed by atoms with van der Waals surface area (Å²) in [7, 11) is -4.00. The predicted octanol–water partition coefficient (Wildman–Crippen LogP) is 1.87. The second-order valence-corrected chi connectivity index (χ2v) is 6.84. The molecule has 0 aliphatic heterocycles. The first kappa shape index (κ1) is 17.6. The van der Waals surface area contributed by atoms with Crippen molar-refractivity contribution in [2.75, 3.05) is 6.54 Å². The van der Waals surface area contributed by atoms with Gasteiger partial charge in [-0.3, -0.25) is 14.9 Å². The van der Waals surface area contributed by atoms with Crippen LogP contribution in [-0.4, -0.2) is 35.3 Å². The molecular formula is C15H14N2O6S. The van der Waals surface area contributed by atoms with E-state index in [9.17, 15) is 23.3 Å². The van der Waals surface area contributed by atoms with E-state index in [2.05, 4.69) is 0 Å². The molecule has 126 valence electrons. The van der Waals surface area contributed by atoms with Gasteiger partial charge in [-0.2, -0.15) is 4.31 Å². The molecule has 0 saturated carbocycles. The van der Waals surface area contributed by atoms with Gasteiger partial charge in [0.15, 0.2) is 0 Å². The van der Waals surface area contributed by atoms with Crippen LogP contribution in [0, 0.1) is 10.1 Å². The van der Waals surface area contributed by atoms with Crippen LogP contribution in [-0.2, 0) is 21.4 Å². The first-order valence-corrected chi connectivity index (χ1v) is 8.25. The molecule has 0 spiro atoms. The maximum absolute atomic E-state index is 12.6. The molecule has 0 aliphatic carbocycles. The third kappa shape index (κ3) is 4.15. The zero-order valence-electron chi connectivity index (χ0n) is 12.4. The number of hydrogen-bond donors (Lipinski definition) is 1. The molecule has 0 unspecified atom stereocenters. The molecule has 0 bridgehead atoms. The number of nitro groups is 1. The summed E-state index contributed by atoms with van der Waals surface area (Å²) in [5.41, 5.74) is 0.316. The van der Waals surface area contributed by atoms with Gasteiger partial charge >= 0.3 is 5.97 Å². The van der Waals surface area contributed by atoms with Crippen molar-refractivity contribution in [3.05, 3.63) is 70.3 Å². The van der Waals surface area contributed by atoms with Crippen LogP contribution in [0.4, 0.5) is 5.69 Å². The Kier molecular flexibility index (Phi) is 5.27. The first-order chi connectivity index (χ1) is 11.3. The summed E-state index contributed by atoms with van der Waals surface area (Å²) in [5, 5.41) is 19.6. The topological polar surface area (TPSA) is 118 Å². The molecule has 2 aromatic rings. The van der Waals surface area contributed by atoms with E-state index in [-0.39, 0.29) is 17.1 Å². The minimum Gasteiger partial charge on any atom is -0.480 e. The van der Waals surface area contributed by atoms with E-state index in [0.717, 1.165) is 4.31 Å². The highest BCUT2D eigenvalue weighted by molar-refractivity contribution is 7.89. The highest BCUT2D eigenvalue weighted by Gasteiger charge is 2.26. The standard InChI is InChI=1S/C15H14N2O6S/c18-15(19)11-16(24(22,23)14-4-2-1-3-5-14)10-12-6-8-13(9-7-12)17(20)21/h1-9H,10-11H2,(H,18,19). The Balaban J connectivity index is 2.32. The number of aliphatic carboxylic acids is 1. The van der Waals surface area contributed by atoms with Crippen molar-refractivity contribution in [1.29, 1.82) is 0 Å². The van der Waals surface area contributed by atoms with Gasteiger partial charge < -0.3 is 5.11 Å². The highest BCUT2D eigenvalue weighted by atomic mass is 32.2. The van der Waals surface area contributed by atoms with Crippen molar-refractivity contribution in [2.24, 2.45) is 0 Å². The smallest absolute Gasteiger partial charge is 0.318 e. The summed E-state index contributed by atoms with van der Waals surface area (Å²) < 4.78 is 26.0. The normalized spacial score (nSPS) is 11.4. The lowest BCUT2D eigenvalue weighted by atomic mass is 10.2. The Labute approximate surface area is 138 Å². The van der Waals surface area contributed by atoms with Crippen molar-refractivity contribution in [3.8, 4) is 0 Å². The Morgan fingerprint density at radius 2 is 1.67 bits per heavy atom. The SMILES string of the molecule is O=C(O)CN(Cc1ccc([N+](=O)[O-])cc1)S(=O)(=O)c1ccccc1. The fourth-order valence-corrected chi connectivity index (χ4v) is 3.44. The van der Waals surface area contributed by atoms with Gasteiger partial charge in [0, 0.05) is 18.7 Å². The molecule has 8 nitrogen and oxygen atoms in total. The predicted molar refractivity (Wildman–Crippen MR) is 84.8 cm³/mol. The molecule has 0 amide bonds. The summed E-state index contributed by atoms with van der Waals surface area (Å²) in [6, 6.07) is 12.8. The molecule has 0 atom stereocenters. The second-order valence-electron chi connectivity index (χ2n) is 4.90. The van der Waals surface area contributed by atoms with Gasteiger partial charge in [0.1, 0.15) is 6.54 Å². The number of carbonyl (C=O) groups is 1. The van der Waals surface area contributed by atoms with E-state index >= 15 is 0 Å². The average molecular weight is 350 g/mol. The Morgan fingerprint density at radius 1 is 1.08 bits per heavy atom. The van der Waals surface area contributed by atoms with Crippen LogP contribution in [0.15, 0.2) is 59.5 Å². The minimum absolute atomic E-state index is 0.0202. The number of sulfonamides is 1. The number of non-ortho nitro benzene ring substituents is 1. The van der Waals surface area contributed by atoms with E-state index in [0.29, 0.717) is 5.56 Å². The summed E-state index contributed by atoms with van der Waals surface area (Å²) in [6.07, 6.45) is 0. The number of benzene rings is 2. The lowest BCUT2D eigenvalue weighted by Crippen LogP contribution is -2.35. The molecule has 0 heterocycles. The molecule has 0 saturated heterocycles. The van der Waals surface area contributed by atoms with Crippen LogP contribution in [0.3, 0.4) is 0 Å². The fraction of sp³-hybridized carbons (Fsp3) is 0.133. The van der Waals surface area contributed by atoms with Crippen molar-refractivity contribution < 1.29 is 23.2 Å². The average Bonchev–Trinajstić information content (AvgIpc) is 2.55. The van der Waals surface area contributed by atoms with Crippen LogP contribution in [0.25, 0.3) is 0 Å². The Morgan fingerprint density at radius 3 is 2.17 bits per heavy atom. The Bertz CT molecular complexity index is 834. The lowest BCUT2D eigenvalue weighted by molar-refractivity contribution is -0.384. The maximum Gasteiger partial charge on any atom is 0.318 e. The summed E-state index contributed by atoms with van der Waals surface area (Å²) in [5.74, 6) is -1.29. The number of rotatable bonds is 7. The molecule has 0 aliphatic rings. The largest absolute Gasteiger partial charge is 0.480 e. The third-order valence-electron chi connectivity index (χ3n) is 3.20. The van der Waals surface area contributed by atoms with Crippen LogP contribution in [0.5, 0.6) is 0 Å². The van der Waals surface area contributed by atoms with Gasteiger partial charge in [-0.15, -0.1) is 0 Å². The van der Waals surface area contributed by atoms with Crippen molar-refractivity contribution >= 4 is 21.7 Å². The molecule has 9 heteroatoms. The van der Waals surface area contributed by atoms with Gasteiger partial charge in [-0.25, -0.2) is 8.42 Å². The molecule has 24 heavy (non-hydrogen) atoms. The molecular weight excluding hydrogens is 336 g/mol. The monoisotopic (exact) mass is 350 g/mol. The lowest BCUT2D eigenvalue weighted by Gasteiger charge is -2.20. The molecule has 2 aromatic carbocycles.